The molecule has 30 heavy (non-hydrogen) atoms. The Balaban J connectivity index is 1.40. The number of nitrogens with one attached hydrogen (secondary N) is 1. The first-order valence-corrected chi connectivity index (χ1v) is 11.7. The fourth-order valence-corrected chi connectivity index (χ4v) is 5.45. The highest BCUT2D eigenvalue weighted by Crippen LogP contribution is 2.39. The van der Waals surface area contributed by atoms with Gasteiger partial charge >= 0.3 is 0 Å². The van der Waals surface area contributed by atoms with Crippen LogP contribution in [0.2, 0.25) is 0 Å². The van der Waals surface area contributed by atoms with E-state index in [1.165, 1.54) is 31.2 Å². The first-order valence-electron chi connectivity index (χ1n) is 11.2. The second-order valence-electron chi connectivity index (χ2n) is 8.60. The first-order chi connectivity index (χ1) is 14.8. The van der Waals surface area contributed by atoms with E-state index in [9.17, 15) is 0 Å². The molecule has 0 spiro atoms. The molecule has 0 unspecified atom stereocenters. The number of nitrogens with zero attached hydrogens (tertiary/aromatic N) is 4. The Morgan fingerprint density at radius 3 is 2.70 bits per heavy atom. The van der Waals surface area contributed by atoms with Gasteiger partial charge in [0.15, 0.2) is 5.11 Å². The molecule has 7 heteroatoms. The maximum atomic E-state index is 5.81. The Labute approximate surface area is 184 Å². The number of morpholine rings is 1. The first kappa shape index (κ1) is 20.0. The largest absolute Gasteiger partial charge is 0.379 e. The highest BCUT2D eigenvalue weighted by atomic mass is 32.1. The zero-order chi connectivity index (χ0) is 20.3. The molecule has 1 N–H and O–H groups in total. The number of hydrogen-bond acceptors (Lipinski definition) is 4. The predicted molar refractivity (Wildman–Crippen MR) is 121 cm³/mol. The van der Waals surface area contributed by atoms with E-state index >= 15 is 0 Å². The number of rotatable bonds is 6. The molecular formula is C23H31N5OS. The zero-order valence-corrected chi connectivity index (χ0v) is 18.3. The Bertz CT molecular complexity index is 844. The van der Waals surface area contributed by atoms with Crippen LogP contribution in [0.3, 0.4) is 0 Å². The van der Waals surface area contributed by atoms with Gasteiger partial charge in [0.2, 0.25) is 0 Å². The number of hydrogen-bond donors (Lipinski definition) is 1. The zero-order valence-electron chi connectivity index (χ0n) is 17.4. The molecule has 3 aliphatic rings. The van der Waals surface area contributed by atoms with Crippen LogP contribution in [0.4, 0.5) is 0 Å². The van der Waals surface area contributed by atoms with Crippen molar-refractivity contribution in [1.29, 1.82) is 0 Å². The van der Waals surface area contributed by atoms with E-state index in [0.717, 1.165) is 50.2 Å². The third kappa shape index (κ3) is 4.11. The van der Waals surface area contributed by atoms with Crippen LogP contribution in [0.15, 0.2) is 42.9 Å². The normalized spacial score (nSPS) is 25.7. The van der Waals surface area contributed by atoms with Crippen LogP contribution in [0.25, 0.3) is 0 Å². The minimum atomic E-state index is 0.0721. The number of pyridine rings is 1. The molecule has 0 aromatic carbocycles. The van der Waals surface area contributed by atoms with E-state index in [1.807, 2.05) is 12.3 Å². The van der Waals surface area contributed by atoms with Gasteiger partial charge in [0, 0.05) is 50.8 Å². The van der Waals surface area contributed by atoms with Gasteiger partial charge in [-0.15, -0.1) is 0 Å². The molecule has 2 aliphatic heterocycles. The lowest BCUT2D eigenvalue weighted by atomic mass is 9.99. The van der Waals surface area contributed by atoms with Crippen molar-refractivity contribution < 1.29 is 4.74 Å². The Hall–Kier alpha value is -1.96. The van der Waals surface area contributed by atoms with Gasteiger partial charge < -0.3 is 19.5 Å². The highest BCUT2D eigenvalue weighted by Gasteiger charge is 2.40. The molecule has 0 bridgehead atoms. The van der Waals surface area contributed by atoms with Gasteiger partial charge in [-0.25, -0.2) is 0 Å². The topological polar surface area (TPSA) is 45.6 Å². The molecule has 2 atom stereocenters. The molecule has 4 heterocycles. The molecule has 5 rings (SSSR count). The van der Waals surface area contributed by atoms with Crippen LogP contribution in [0, 0.1) is 0 Å². The minimum absolute atomic E-state index is 0.0721. The molecule has 2 aromatic heterocycles. The van der Waals surface area contributed by atoms with Crippen molar-refractivity contribution in [1.82, 2.24) is 24.7 Å². The van der Waals surface area contributed by atoms with Gasteiger partial charge in [-0.2, -0.15) is 0 Å². The number of ether oxygens (including phenoxy) is 1. The van der Waals surface area contributed by atoms with Gasteiger partial charge in [-0.1, -0.05) is 18.9 Å². The second kappa shape index (κ2) is 9.04. The van der Waals surface area contributed by atoms with Crippen LogP contribution in [0.5, 0.6) is 0 Å². The Morgan fingerprint density at radius 1 is 1.10 bits per heavy atom. The van der Waals surface area contributed by atoms with Gasteiger partial charge in [0.25, 0.3) is 0 Å². The predicted octanol–water partition coefficient (Wildman–Crippen LogP) is 3.30. The lowest BCUT2D eigenvalue weighted by molar-refractivity contribution is 0.0350. The number of thiocarbonyl (C=S) groups is 1. The minimum Gasteiger partial charge on any atom is -0.379 e. The maximum Gasteiger partial charge on any atom is 0.170 e. The monoisotopic (exact) mass is 425 g/mol. The summed E-state index contributed by atoms with van der Waals surface area (Å²) in [5.41, 5.74) is 2.37. The van der Waals surface area contributed by atoms with E-state index in [0.29, 0.717) is 6.04 Å². The summed E-state index contributed by atoms with van der Waals surface area (Å²) >= 11 is 5.81. The van der Waals surface area contributed by atoms with Gasteiger partial charge in [0.05, 0.1) is 31.0 Å². The van der Waals surface area contributed by atoms with Crippen molar-refractivity contribution in [3.8, 4) is 0 Å². The Kier molecular flexibility index (Phi) is 6.02. The van der Waals surface area contributed by atoms with E-state index in [-0.39, 0.29) is 12.1 Å². The summed E-state index contributed by atoms with van der Waals surface area (Å²) in [6.45, 7) is 5.56. The van der Waals surface area contributed by atoms with Gasteiger partial charge in [-0.3, -0.25) is 9.88 Å². The van der Waals surface area contributed by atoms with E-state index in [1.54, 1.807) is 0 Å². The molecule has 6 nitrogen and oxygen atoms in total. The third-order valence-corrected chi connectivity index (χ3v) is 7.14. The lowest BCUT2D eigenvalue weighted by Crippen LogP contribution is -2.42. The van der Waals surface area contributed by atoms with Crippen molar-refractivity contribution in [2.24, 2.45) is 0 Å². The molecule has 1 aliphatic carbocycles. The molecule has 0 amide bonds. The molecule has 0 radical (unpaired) electrons. The fourth-order valence-electron chi connectivity index (χ4n) is 5.12. The van der Waals surface area contributed by atoms with E-state index in [4.69, 9.17) is 17.0 Å². The summed E-state index contributed by atoms with van der Waals surface area (Å²) in [7, 11) is 0. The molecule has 1 saturated carbocycles. The average Bonchev–Trinajstić information content (AvgIpc) is 3.53. The van der Waals surface area contributed by atoms with Crippen LogP contribution >= 0.6 is 12.2 Å². The van der Waals surface area contributed by atoms with Crippen molar-refractivity contribution in [3.63, 3.8) is 0 Å². The molecule has 2 saturated heterocycles. The van der Waals surface area contributed by atoms with Gasteiger partial charge in [-0.05, 0) is 48.8 Å². The summed E-state index contributed by atoms with van der Waals surface area (Å²) in [6.07, 6.45) is 11.8. The fraction of sp³-hybridized carbons (Fsp3) is 0.565. The lowest BCUT2D eigenvalue weighted by Gasteiger charge is -2.32. The van der Waals surface area contributed by atoms with Crippen LogP contribution < -0.4 is 5.32 Å². The SMILES string of the molecule is S=C1N[C@@H](c2ccccn2)[C@H](c2ccn(C3CCCC3)c2)N1CCN1CCOCC1. The highest BCUT2D eigenvalue weighted by molar-refractivity contribution is 7.80. The van der Waals surface area contributed by atoms with Crippen molar-refractivity contribution in [2.45, 2.75) is 43.8 Å². The van der Waals surface area contributed by atoms with Crippen LogP contribution in [-0.2, 0) is 4.74 Å². The summed E-state index contributed by atoms with van der Waals surface area (Å²) < 4.78 is 7.93. The molecule has 3 fully saturated rings. The van der Waals surface area contributed by atoms with Crippen LogP contribution in [-0.4, -0.2) is 63.9 Å². The summed E-state index contributed by atoms with van der Waals surface area (Å²) in [5.74, 6) is 0. The standard InChI is InChI=1S/C23H31N5OS/c30-23-25-21(20-7-3-4-9-24-20)22(28(23)12-11-26-13-15-29-16-14-26)18-8-10-27(17-18)19-5-1-2-6-19/h3-4,7-10,17,19,21-22H,1-2,5-6,11-16H2,(H,25,30)/t21-,22-/m0/s1. The van der Waals surface area contributed by atoms with E-state index in [2.05, 4.69) is 55.3 Å². The molecular weight excluding hydrogens is 394 g/mol. The maximum absolute atomic E-state index is 5.81. The third-order valence-electron chi connectivity index (χ3n) is 6.78. The Morgan fingerprint density at radius 2 is 1.93 bits per heavy atom. The van der Waals surface area contributed by atoms with Crippen molar-refractivity contribution >= 4 is 17.3 Å². The van der Waals surface area contributed by atoms with Crippen molar-refractivity contribution in [2.75, 3.05) is 39.4 Å². The molecule has 160 valence electrons. The second-order valence-corrected chi connectivity index (χ2v) is 8.99. The summed E-state index contributed by atoms with van der Waals surface area (Å²) in [4.78, 5) is 9.50. The van der Waals surface area contributed by atoms with Gasteiger partial charge in [0.1, 0.15) is 0 Å². The summed E-state index contributed by atoms with van der Waals surface area (Å²) in [6, 6.07) is 9.31. The smallest absolute Gasteiger partial charge is 0.170 e. The number of aromatic nitrogens is 2. The van der Waals surface area contributed by atoms with Crippen molar-refractivity contribution in [3.05, 3.63) is 54.1 Å². The van der Waals surface area contributed by atoms with Crippen LogP contribution in [0.1, 0.15) is 55.1 Å². The quantitative estimate of drug-likeness (QED) is 0.717. The average molecular weight is 426 g/mol. The summed E-state index contributed by atoms with van der Waals surface area (Å²) in [5, 5.41) is 4.41. The van der Waals surface area contributed by atoms with E-state index < -0.39 is 0 Å². The molecule has 2 aromatic rings.